The van der Waals surface area contributed by atoms with Crippen molar-refractivity contribution in [1.82, 2.24) is 10.2 Å². The van der Waals surface area contributed by atoms with Crippen molar-refractivity contribution in [3.8, 4) is 0 Å². The number of rotatable bonds is 11. The maximum atomic E-state index is 14.6. The van der Waals surface area contributed by atoms with E-state index >= 15 is 0 Å². The molecule has 0 aromatic heterocycles. The normalized spacial score (nSPS) is 12.3. The van der Waals surface area contributed by atoms with Gasteiger partial charge in [-0.2, -0.15) is 0 Å². The molecule has 4 rings (SSSR count). The van der Waals surface area contributed by atoms with Crippen LogP contribution in [0, 0.1) is 6.92 Å². The summed E-state index contributed by atoms with van der Waals surface area (Å²) >= 11 is 15.9. The fourth-order valence-corrected chi connectivity index (χ4v) is 6.81. The van der Waals surface area contributed by atoms with Gasteiger partial charge in [0.05, 0.1) is 20.6 Å². The van der Waals surface area contributed by atoms with Crippen LogP contribution in [0.2, 0.25) is 10.0 Å². The molecule has 0 fully saturated rings. The van der Waals surface area contributed by atoms with Gasteiger partial charge in [-0.15, -0.1) is 0 Å². The Kier molecular flexibility index (Phi) is 11.6. The molecule has 0 saturated carbocycles. The van der Waals surface area contributed by atoms with Gasteiger partial charge in [-0.3, -0.25) is 13.9 Å². The number of nitrogens with zero attached hydrogens (tertiary/aromatic N) is 2. The molecule has 11 heteroatoms. The van der Waals surface area contributed by atoms with Crippen LogP contribution in [0.4, 0.5) is 5.69 Å². The summed E-state index contributed by atoms with van der Waals surface area (Å²) in [6.45, 7) is 6.86. The van der Waals surface area contributed by atoms with E-state index in [0.29, 0.717) is 21.3 Å². The molecule has 1 atom stereocenters. The molecule has 242 valence electrons. The van der Waals surface area contributed by atoms with Crippen LogP contribution < -0.4 is 9.62 Å². The summed E-state index contributed by atoms with van der Waals surface area (Å²) in [6, 6.07) is 26.5. The van der Waals surface area contributed by atoms with E-state index in [1.165, 1.54) is 17.0 Å². The van der Waals surface area contributed by atoms with Crippen molar-refractivity contribution in [2.75, 3.05) is 10.8 Å². The van der Waals surface area contributed by atoms with Crippen LogP contribution in [0.25, 0.3) is 0 Å². The minimum atomic E-state index is -4.20. The van der Waals surface area contributed by atoms with Crippen LogP contribution in [0.5, 0.6) is 0 Å². The number of sulfonamides is 1. The van der Waals surface area contributed by atoms with Crippen LogP contribution in [0.1, 0.15) is 37.5 Å². The second kappa shape index (κ2) is 15.0. The van der Waals surface area contributed by atoms with Gasteiger partial charge in [0.25, 0.3) is 10.0 Å². The highest BCUT2D eigenvalue weighted by atomic mass is 79.9. The van der Waals surface area contributed by atoms with Crippen LogP contribution >= 0.6 is 39.1 Å². The maximum Gasteiger partial charge on any atom is 0.264 e. The van der Waals surface area contributed by atoms with Crippen molar-refractivity contribution >= 4 is 66.7 Å². The highest BCUT2D eigenvalue weighted by Gasteiger charge is 2.35. The molecule has 0 bridgehead atoms. The standard InChI is InChI=1S/C35H36BrCl2N3O4S/c1-24-10-17-29(18-11-24)46(44,45)41(28-15-13-27(36)14-16-28)23-33(42)40(22-26-12-19-30(37)31(38)20-26)32(34(43)39-35(2,3)4)21-25-8-6-5-7-9-25/h5-20,32H,21-23H2,1-4H3,(H,39,43)/t32-/m0/s1. The van der Waals surface area contributed by atoms with E-state index < -0.39 is 34.1 Å². The number of halogens is 3. The van der Waals surface area contributed by atoms with Crippen LogP contribution in [0.15, 0.2) is 106 Å². The van der Waals surface area contributed by atoms with Crippen LogP contribution in [-0.4, -0.2) is 43.3 Å². The molecule has 7 nitrogen and oxygen atoms in total. The Hall–Kier alpha value is -3.37. The molecule has 0 aliphatic heterocycles. The van der Waals surface area contributed by atoms with Crippen molar-refractivity contribution in [3.63, 3.8) is 0 Å². The van der Waals surface area contributed by atoms with Crippen molar-refractivity contribution in [2.45, 2.75) is 57.1 Å². The Morgan fingerprint density at radius 2 is 1.48 bits per heavy atom. The Balaban J connectivity index is 1.83. The van der Waals surface area contributed by atoms with E-state index in [0.717, 1.165) is 19.9 Å². The zero-order valence-electron chi connectivity index (χ0n) is 26.0. The molecule has 0 saturated heterocycles. The number of nitrogens with one attached hydrogen (secondary N) is 1. The van der Waals surface area contributed by atoms with Gasteiger partial charge >= 0.3 is 0 Å². The van der Waals surface area contributed by atoms with Crippen molar-refractivity contribution in [2.24, 2.45) is 0 Å². The van der Waals surface area contributed by atoms with Gasteiger partial charge in [-0.1, -0.05) is 93.2 Å². The average Bonchev–Trinajstić information content (AvgIpc) is 2.99. The number of aryl methyl sites for hydroxylation is 1. The Morgan fingerprint density at radius 3 is 2.07 bits per heavy atom. The highest BCUT2D eigenvalue weighted by Crippen LogP contribution is 2.28. The fraction of sp³-hybridized carbons (Fsp3) is 0.257. The smallest absolute Gasteiger partial charge is 0.264 e. The fourth-order valence-electron chi connectivity index (χ4n) is 4.82. The summed E-state index contributed by atoms with van der Waals surface area (Å²) in [5.41, 5.74) is 2.06. The average molecular weight is 746 g/mol. The second-order valence-corrected chi connectivity index (χ2v) is 15.6. The molecule has 1 N–H and O–H groups in total. The third-order valence-corrected chi connectivity index (χ3v) is 10.2. The van der Waals surface area contributed by atoms with Gasteiger partial charge < -0.3 is 10.2 Å². The number of hydrogen-bond acceptors (Lipinski definition) is 4. The lowest BCUT2D eigenvalue weighted by Crippen LogP contribution is -2.56. The first-order valence-electron chi connectivity index (χ1n) is 14.6. The van der Waals surface area contributed by atoms with E-state index in [1.54, 1.807) is 54.6 Å². The molecular weight excluding hydrogens is 709 g/mol. The molecule has 0 aliphatic rings. The summed E-state index contributed by atoms with van der Waals surface area (Å²) < 4.78 is 30.1. The number of hydrogen-bond donors (Lipinski definition) is 1. The van der Waals surface area contributed by atoms with Gasteiger partial charge in [0.15, 0.2) is 0 Å². The van der Waals surface area contributed by atoms with Crippen molar-refractivity contribution < 1.29 is 18.0 Å². The predicted octanol–water partition coefficient (Wildman–Crippen LogP) is 7.81. The molecule has 0 heterocycles. The Morgan fingerprint density at radius 1 is 0.848 bits per heavy atom. The minimum absolute atomic E-state index is 0.0243. The SMILES string of the molecule is Cc1ccc(S(=O)(=O)N(CC(=O)N(Cc2ccc(Cl)c(Cl)c2)[C@@H](Cc2ccccc2)C(=O)NC(C)(C)C)c2ccc(Br)cc2)cc1. The second-order valence-electron chi connectivity index (χ2n) is 12.0. The van der Waals surface area contributed by atoms with E-state index in [9.17, 15) is 18.0 Å². The number of benzene rings is 4. The lowest BCUT2D eigenvalue weighted by Gasteiger charge is -2.35. The molecule has 4 aromatic rings. The summed E-state index contributed by atoms with van der Waals surface area (Å²) in [5, 5.41) is 3.66. The molecular formula is C35H36BrCl2N3O4S. The number of amides is 2. The Bertz CT molecular complexity index is 1780. The summed E-state index contributed by atoms with van der Waals surface area (Å²) in [7, 11) is -4.20. The molecule has 0 radical (unpaired) electrons. The zero-order chi connectivity index (χ0) is 33.6. The molecule has 0 unspecified atom stereocenters. The maximum absolute atomic E-state index is 14.6. The van der Waals surface area contributed by atoms with Gasteiger partial charge in [0.1, 0.15) is 12.6 Å². The minimum Gasteiger partial charge on any atom is -0.350 e. The summed E-state index contributed by atoms with van der Waals surface area (Å²) in [6.07, 6.45) is 0.193. The number of anilines is 1. The zero-order valence-corrected chi connectivity index (χ0v) is 29.9. The van der Waals surface area contributed by atoms with Gasteiger partial charge in [0, 0.05) is 23.0 Å². The third kappa shape index (κ3) is 9.35. The Labute approximate surface area is 289 Å². The number of carbonyl (C=O) groups is 2. The van der Waals surface area contributed by atoms with Crippen molar-refractivity contribution in [1.29, 1.82) is 0 Å². The van der Waals surface area contributed by atoms with Gasteiger partial charge in [-0.25, -0.2) is 8.42 Å². The molecule has 0 aliphatic carbocycles. The largest absolute Gasteiger partial charge is 0.350 e. The van der Waals surface area contributed by atoms with E-state index in [2.05, 4.69) is 21.2 Å². The lowest BCUT2D eigenvalue weighted by molar-refractivity contribution is -0.140. The molecule has 4 aromatic carbocycles. The quantitative estimate of drug-likeness (QED) is 0.170. The number of carbonyl (C=O) groups excluding carboxylic acids is 2. The topological polar surface area (TPSA) is 86.8 Å². The molecule has 2 amide bonds. The van der Waals surface area contributed by atoms with Gasteiger partial charge in [0.2, 0.25) is 11.8 Å². The lowest BCUT2D eigenvalue weighted by atomic mass is 10.0. The van der Waals surface area contributed by atoms with E-state index in [-0.39, 0.29) is 23.8 Å². The predicted molar refractivity (Wildman–Crippen MR) is 189 cm³/mol. The monoisotopic (exact) mass is 743 g/mol. The van der Waals surface area contributed by atoms with Crippen LogP contribution in [-0.2, 0) is 32.6 Å². The van der Waals surface area contributed by atoms with E-state index in [1.807, 2.05) is 58.0 Å². The first-order chi connectivity index (χ1) is 21.6. The third-order valence-electron chi connectivity index (χ3n) is 7.11. The van der Waals surface area contributed by atoms with Gasteiger partial charge in [-0.05, 0) is 87.4 Å². The van der Waals surface area contributed by atoms with E-state index in [4.69, 9.17) is 23.2 Å². The van der Waals surface area contributed by atoms with Crippen LogP contribution in [0.3, 0.4) is 0 Å². The van der Waals surface area contributed by atoms with Crippen molar-refractivity contribution in [3.05, 3.63) is 128 Å². The summed E-state index contributed by atoms with van der Waals surface area (Å²) in [4.78, 5) is 30.0. The first-order valence-corrected chi connectivity index (χ1v) is 17.6. The highest BCUT2D eigenvalue weighted by molar-refractivity contribution is 9.10. The molecule has 0 spiro atoms. The first kappa shape index (κ1) is 35.5. The molecule has 46 heavy (non-hydrogen) atoms. The summed E-state index contributed by atoms with van der Waals surface area (Å²) in [5.74, 6) is -0.948.